The zero-order valence-corrected chi connectivity index (χ0v) is 8.83. The van der Waals surface area contributed by atoms with Crippen LogP contribution in [0, 0.1) is 0 Å². The lowest BCUT2D eigenvalue weighted by molar-refractivity contribution is -0.135. The van der Waals surface area contributed by atoms with Crippen molar-refractivity contribution in [2.24, 2.45) is 5.73 Å². The summed E-state index contributed by atoms with van der Waals surface area (Å²) in [5.41, 5.74) is 7.78. The number of nitrogens with zero attached hydrogens (tertiary/aromatic N) is 2. The first-order valence-electron chi connectivity index (χ1n) is 4.60. The van der Waals surface area contributed by atoms with Gasteiger partial charge in [-0.05, 0) is 6.42 Å². The highest BCUT2D eigenvalue weighted by Crippen LogP contribution is 2.31. The molecule has 2 atom stereocenters. The number of carbonyl (C=O) groups excluding carboxylic acids is 1. The molecule has 1 aliphatic heterocycles. The summed E-state index contributed by atoms with van der Waals surface area (Å²) in [7, 11) is 1.81. The van der Waals surface area contributed by atoms with E-state index >= 15 is 0 Å². The van der Waals surface area contributed by atoms with Crippen LogP contribution in [0.4, 0.5) is 0 Å². The molecule has 1 fully saturated rings. The van der Waals surface area contributed by atoms with Crippen LogP contribution in [0.3, 0.4) is 0 Å². The minimum absolute atomic E-state index is 0.0174. The third-order valence-corrected chi connectivity index (χ3v) is 3.50. The summed E-state index contributed by atoms with van der Waals surface area (Å²) in [5, 5.41) is 0. The molecule has 0 aromatic carbocycles. The van der Waals surface area contributed by atoms with Crippen molar-refractivity contribution in [1.29, 1.82) is 0 Å². The molecule has 2 unspecified atom stereocenters. The number of likely N-dealkylation sites (tertiary alicyclic amines) is 1. The van der Waals surface area contributed by atoms with Crippen LogP contribution in [0.25, 0.3) is 0 Å². The molecule has 2 rings (SSSR count). The molecule has 0 bridgehead atoms. The molecule has 1 amide bonds. The zero-order valence-electron chi connectivity index (χ0n) is 8.01. The molecule has 4 nitrogen and oxygen atoms in total. The SMILES string of the molecule is CN1C(=O)CCC(N)C1c1cncs1. The van der Waals surface area contributed by atoms with Gasteiger partial charge in [-0.2, -0.15) is 0 Å². The summed E-state index contributed by atoms with van der Waals surface area (Å²) in [5.74, 6) is 0.171. The molecule has 2 N–H and O–H groups in total. The molecule has 76 valence electrons. The zero-order chi connectivity index (χ0) is 10.1. The lowest BCUT2D eigenvalue weighted by atomic mass is 9.96. The predicted molar refractivity (Wildman–Crippen MR) is 54.8 cm³/mol. The number of aromatic nitrogens is 1. The average Bonchev–Trinajstić information content (AvgIpc) is 2.65. The maximum Gasteiger partial charge on any atom is 0.222 e. The van der Waals surface area contributed by atoms with Gasteiger partial charge in [0.25, 0.3) is 0 Å². The largest absolute Gasteiger partial charge is 0.336 e. The number of hydrogen-bond donors (Lipinski definition) is 1. The Morgan fingerprint density at radius 3 is 3.14 bits per heavy atom. The molecule has 1 saturated heterocycles. The third kappa shape index (κ3) is 1.53. The average molecular weight is 211 g/mol. The Morgan fingerprint density at radius 2 is 2.50 bits per heavy atom. The summed E-state index contributed by atoms with van der Waals surface area (Å²) < 4.78 is 0. The number of carbonyl (C=O) groups is 1. The van der Waals surface area contributed by atoms with Gasteiger partial charge in [0.15, 0.2) is 0 Å². The van der Waals surface area contributed by atoms with Crippen LogP contribution in [0.15, 0.2) is 11.7 Å². The van der Waals surface area contributed by atoms with Crippen molar-refractivity contribution in [3.05, 3.63) is 16.6 Å². The van der Waals surface area contributed by atoms with Crippen molar-refractivity contribution in [3.63, 3.8) is 0 Å². The molecule has 0 saturated carbocycles. The molecular weight excluding hydrogens is 198 g/mol. The molecule has 0 spiro atoms. The van der Waals surface area contributed by atoms with Crippen LogP contribution < -0.4 is 5.73 Å². The van der Waals surface area contributed by atoms with E-state index in [1.165, 1.54) is 0 Å². The molecule has 0 aliphatic carbocycles. The van der Waals surface area contributed by atoms with Gasteiger partial charge in [0.05, 0.1) is 11.6 Å². The quantitative estimate of drug-likeness (QED) is 0.746. The number of hydrogen-bond acceptors (Lipinski definition) is 4. The van der Waals surface area contributed by atoms with Crippen LogP contribution >= 0.6 is 11.3 Å². The maximum absolute atomic E-state index is 11.5. The second-order valence-corrected chi connectivity index (χ2v) is 4.47. The Labute approximate surface area is 86.7 Å². The van der Waals surface area contributed by atoms with Gasteiger partial charge in [-0.25, -0.2) is 0 Å². The first-order chi connectivity index (χ1) is 6.70. The minimum Gasteiger partial charge on any atom is -0.336 e. The van der Waals surface area contributed by atoms with E-state index < -0.39 is 0 Å². The summed E-state index contributed by atoms with van der Waals surface area (Å²) in [6.07, 6.45) is 3.13. The maximum atomic E-state index is 11.5. The van der Waals surface area contributed by atoms with Gasteiger partial charge < -0.3 is 10.6 Å². The molecular formula is C9H13N3OS. The Morgan fingerprint density at radius 1 is 1.71 bits per heavy atom. The Hall–Kier alpha value is -0.940. The van der Waals surface area contributed by atoms with Crippen molar-refractivity contribution in [1.82, 2.24) is 9.88 Å². The van der Waals surface area contributed by atoms with Crippen LogP contribution in [0.2, 0.25) is 0 Å². The summed E-state index contributed by atoms with van der Waals surface area (Å²) in [6.45, 7) is 0. The molecule has 1 aromatic heterocycles. The lowest BCUT2D eigenvalue weighted by Crippen LogP contribution is -2.46. The highest BCUT2D eigenvalue weighted by Gasteiger charge is 2.33. The molecule has 0 radical (unpaired) electrons. The van der Waals surface area contributed by atoms with Crippen molar-refractivity contribution < 1.29 is 4.79 Å². The normalized spacial score (nSPS) is 28.1. The van der Waals surface area contributed by atoms with Gasteiger partial charge in [-0.3, -0.25) is 9.78 Å². The van der Waals surface area contributed by atoms with Crippen LogP contribution in [0.1, 0.15) is 23.8 Å². The van der Waals surface area contributed by atoms with E-state index in [0.29, 0.717) is 6.42 Å². The highest BCUT2D eigenvalue weighted by molar-refractivity contribution is 7.09. The first kappa shape index (κ1) is 9.61. The molecule has 1 aliphatic rings. The Kier molecular flexibility index (Phi) is 2.52. The van der Waals surface area contributed by atoms with Crippen LogP contribution in [0.5, 0.6) is 0 Å². The number of thiazole rings is 1. The fourth-order valence-corrected chi connectivity index (χ4v) is 2.68. The fourth-order valence-electron chi connectivity index (χ4n) is 1.84. The number of nitrogens with two attached hydrogens (primary N) is 1. The van der Waals surface area contributed by atoms with Gasteiger partial charge in [0, 0.05) is 30.6 Å². The number of piperidine rings is 1. The smallest absolute Gasteiger partial charge is 0.222 e. The van der Waals surface area contributed by atoms with Gasteiger partial charge >= 0.3 is 0 Å². The van der Waals surface area contributed by atoms with E-state index in [9.17, 15) is 4.79 Å². The second kappa shape index (κ2) is 3.67. The van der Waals surface area contributed by atoms with E-state index in [1.807, 2.05) is 7.05 Å². The van der Waals surface area contributed by atoms with Crippen molar-refractivity contribution in [3.8, 4) is 0 Å². The monoisotopic (exact) mass is 211 g/mol. The molecule has 2 heterocycles. The minimum atomic E-state index is 0.0174. The first-order valence-corrected chi connectivity index (χ1v) is 5.47. The predicted octanol–water partition coefficient (Wildman–Crippen LogP) is 0.764. The standard InChI is InChI=1S/C9H13N3OS/c1-12-8(13)3-2-6(10)9(12)7-4-11-5-14-7/h4-6,9H,2-3,10H2,1H3. The highest BCUT2D eigenvalue weighted by atomic mass is 32.1. The Bertz CT molecular complexity index is 325. The third-order valence-electron chi connectivity index (χ3n) is 2.65. The summed E-state index contributed by atoms with van der Waals surface area (Å²) in [6, 6.07) is 0.0573. The summed E-state index contributed by atoms with van der Waals surface area (Å²) in [4.78, 5) is 18.3. The van der Waals surface area contributed by atoms with Crippen molar-refractivity contribution in [2.75, 3.05) is 7.05 Å². The van der Waals surface area contributed by atoms with Crippen LogP contribution in [-0.4, -0.2) is 28.9 Å². The fraction of sp³-hybridized carbons (Fsp3) is 0.556. The topological polar surface area (TPSA) is 59.2 Å². The number of rotatable bonds is 1. The Balaban J connectivity index is 2.26. The summed E-state index contributed by atoms with van der Waals surface area (Å²) >= 11 is 1.55. The lowest BCUT2D eigenvalue weighted by Gasteiger charge is -2.36. The van der Waals surface area contributed by atoms with E-state index in [2.05, 4.69) is 4.98 Å². The van der Waals surface area contributed by atoms with Crippen molar-refractivity contribution in [2.45, 2.75) is 24.9 Å². The second-order valence-electron chi connectivity index (χ2n) is 3.56. The molecule has 14 heavy (non-hydrogen) atoms. The van der Waals surface area contributed by atoms with E-state index in [4.69, 9.17) is 5.73 Å². The van der Waals surface area contributed by atoms with Gasteiger partial charge in [0.2, 0.25) is 5.91 Å². The van der Waals surface area contributed by atoms with Gasteiger partial charge in [0.1, 0.15) is 0 Å². The number of amides is 1. The van der Waals surface area contributed by atoms with Crippen LogP contribution in [-0.2, 0) is 4.79 Å². The van der Waals surface area contributed by atoms with Crippen molar-refractivity contribution >= 4 is 17.2 Å². The van der Waals surface area contributed by atoms with Gasteiger partial charge in [-0.15, -0.1) is 11.3 Å². The van der Waals surface area contributed by atoms with Gasteiger partial charge in [-0.1, -0.05) is 0 Å². The van der Waals surface area contributed by atoms with E-state index in [0.717, 1.165) is 11.3 Å². The molecule has 1 aromatic rings. The van der Waals surface area contributed by atoms with E-state index in [1.54, 1.807) is 27.9 Å². The molecule has 5 heteroatoms. The number of likely N-dealkylation sites (N-methyl/N-ethyl adjacent to an activating group) is 1. The van der Waals surface area contributed by atoms with E-state index in [-0.39, 0.29) is 18.0 Å².